The first kappa shape index (κ1) is 86.0. The summed E-state index contributed by atoms with van der Waals surface area (Å²) in [6.45, 7) is 18.8. The number of para-hydroxylation sites is 6. The van der Waals surface area contributed by atoms with E-state index >= 15 is 0 Å². The molecule has 3 aromatic heterocycles. The highest BCUT2D eigenvalue weighted by Crippen LogP contribution is 2.57. The average molecular weight is 1840 g/mol. The molecule has 0 bridgehead atoms. The Hall–Kier alpha value is -17.4. The van der Waals surface area contributed by atoms with Gasteiger partial charge in [-0.25, -0.2) is 4.39 Å². The van der Waals surface area contributed by atoms with Crippen molar-refractivity contribution in [1.82, 2.24) is 13.7 Å². The predicted molar refractivity (Wildman–Crippen MR) is 600 cm³/mol. The summed E-state index contributed by atoms with van der Waals surface area (Å²) in [5.41, 5.74) is 44.2. The van der Waals surface area contributed by atoms with Gasteiger partial charge in [-0.3, -0.25) is 0 Å². The minimum absolute atomic E-state index is 0.0448. The van der Waals surface area contributed by atoms with Crippen LogP contribution in [0.5, 0.6) is 0 Å². The van der Waals surface area contributed by atoms with E-state index in [0.717, 1.165) is 73.2 Å². The van der Waals surface area contributed by atoms with E-state index < -0.39 is 0 Å². The zero-order valence-electron chi connectivity index (χ0n) is 81.2. The summed E-state index contributed by atoms with van der Waals surface area (Å²) in [5, 5.41) is 9.82. The molecular formula is C136H103FN6. The molecule has 0 spiro atoms. The summed E-state index contributed by atoms with van der Waals surface area (Å²) < 4.78 is 21.2. The van der Waals surface area contributed by atoms with Crippen LogP contribution in [0.3, 0.4) is 0 Å². The third kappa shape index (κ3) is 13.9. The number of benzene rings is 21. The lowest BCUT2D eigenvalue weighted by atomic mass is 9.81. The Balaban J connectivity index is 0.000000110. The Bertz CT molecular complexity index is 9230. The van der Waals surface area contributed by atoms with Crippen molar-refractivity contribution in [3.05, 3.63) is 530 Å². The maximum atomic E-state index is 14.2. The van der Waals surface area contributed by atoms with E-state index in [0.29, 0.717) is 0 Å². The van der Waals surface area contributed by atoms with E-state index in [4.69, 9.17) is 0 Å². The molecule has 0 saturated carbocycles. The number of hydrogen-bond acceptors (Lipinski definition) is 3. The molecule has 24 aromatic rings. The number of nitrogens with zero attached hydrogens (tertiary/aromatic N) is 6. The van der Waals surface area contributed by atoms with Gasteiger partial charge in [-0.1, -0.05) is 334 Å². The Kier molecular flexibility index (Phi) is 20.1. The molecule has 143 heavy (non-hydrogen) atoms. The van der Waals surface area contributed by atoms with Crippen LogP contribution >= 0.6 is 0 Å². The molecular weight excluding hydrogens is 1740 g/mol. The summed E-state index contributed by atoms with van der Waals surface area (Å²) in [6, 6.07) is 173. The van der Waals surface area contributed by atoms with Crippen molar-refractivity contribution in [1.29, 1.82) is 0 Å². The van der Waals surface area contributed by atoms with E-state index in [1.54, 1.807) is 0 Å². The van der Waals surface area contributed by atoms with Crippen molar-refractivity contribution in [3.63, 3.8) is 0 Å². The average Bonchev–Trinajstić information content (AvgIpc) is 1.57. The summed E-state index contributed by atoms with van der Waals surface area (Å²) >= 11 is 0. The Morgan fingerprint density at radius 1 is 0.168 bits per heavy atom. The number of rotatable bonds is 13. The minimum Gasteiger partial charge on any atom is -0.310 e. The normalized spacial score (nSPS) is 13.7. The van der Waals surface area contributed by atoms with Crippen molar-refractivity contribution >= 4 is 127 Å². The topological polar surface area (TPSA) is 24.5 Å². The van der Waals surface area contributed by atoms with E-state index in [1.807, 2.05) is 18.2 Å². The van der Waals surface area contributed by atoms with Crippen LogP contribution in [0.25, 0.3) is 149 Å². The lowest BCUT2D eigenvalue weighted by molar-refractivity contribution is 0.628. The van der Waals surface area contributed by atoms with Gasteiger partial charge in [0.25, 0.3) is 0 Å². The SMILES string of the molecule is CC1(C)c2ccccc2-c2cc(N(c3ccc4c(c3)C(C)(C)c3ccccc3-4)c3ccc4c(c3)c3ccccc3n4-c3ccccc3)ccc21.CC1(C)c2ccccc2-c2ccc(-c3ccc(N(c4ccc(F)cc4)c4ccc5c(c4)c4ccccc4n5-c4ccccc4)cc3)cc21.CC1(C)c2ccccc2-c2ccc(N(c3ccc4ccccc4c3)c3ccc4c(c3)c3ccccc3n4-c3ccccc3)cc21. The van der Waals surface area contributed by atoms with Crippen LogP contribution in [0.1, 0.15) is 99.9 Å². The molecule has 0 fully saturated rings. The third-order valence-electron chi connectivity index (χ3n) is 31.4. The molecule has 0 atom stereocenters. The lowest BCUT2D eigenvalue weighted by Crippen LogP contribution is -2.17. The third-order valence-corrected chi connectivity index (χ3v) is 31.4. The number of halogens is 1. The number of hydrogen-bond donors (Lipinski definition) is 0. The van der Waals surface area contributed by atoms with Gasteiger partial charge >= 0.3 is 0 Å². The highest BCUT2D eigenvalue weighted by atomic mass is 19.1. The second-order valence-electron chi connectivity index (χ2n) is 40.9. The molecule has 0 N–H and O–H groups in total. The van der Waals surface area contributed by atoms with Gasteiger partial charge in [-0.05, 0) is 311 Å². The quantitative estimate of drug-likeness (QED) is 0.115. The minimum atomic E-state index is -0.253. The highest BCUT2D eigenvalue weighted by Gasteiger charge is 2.41. The fourth-order valence-electron chi connectivity index (χ4n) is 24.3. The van der Waals surface area contributed by atoms with Gasteiger partial charge < -0.3 is 28.4 Å². The fourth-order valence-corrected chi connectivity index (χ4v) is 24.3. The van der Waals surface area contributed by atoms with Gasteiger partial charge in [0.1, 0.15) is 5.82 Å². The van der Waals surface area contributed by atoms with Crippen molar-refractivity contribution in [2.24, 2.45) is 0 Å². The van der Waals surface area contributed by atoms with Crippen LogP contribution in [0, 0.1) is 5.82 Å². The maximum absolute atomic E-state index is 14.2. The van der Waals surface area contributed by atoms with Crippen molar-refractivity contribution in [2.45, 2.75) is 77.0 Å². The van der Waals surface area contributed by atoms with E-state index in [9.17, 15) is 4.39 Å². The lowest BCUT2D eigenvalue weighted by Gasteiger charge is -2.29. The van der Waals surface area contributed by atoms with Gasteiger partial charge in [0, 0.05) is 122 Å². The molecule has 21 aromatic carbocycles. The molecule has 4 aliphatic carbocycles. The van der Waals surface area contributed by atoms with Crippen molar-refractivity contribution in [3.8, 4) is 72.7 Å². The van der Waals surface area contributed by atoms with Gasteiger partial charge in [0.05, 0.1) is 33.1 Å². The molecule has 0 aliphatic heterocycles. The van der Waals surface area contributed by atoms with Crippen LogP contribution in [-0.2, 0) is 21.7 Å². The van der Waals surface area contributed by atoms with E-state index in [1.165, 1.54) is 184 Å². The molecule has 4 aliphatic rings. The molecule has 3 heterocycles. The second-order valence-corrected chi connectivity index (χ2v) is 40.9. The summed E-state index contributed by atoms with van der Waals surface area (Å²) in [7, 11) is 0. The first-order chi connectivity index (χ1) is 69.9. The van der Waals surface area contributed by atoms with E-state index in [-0.39, 0.29) is 27.5 Å². The van der Waals surface area contributed by atoms with Crippen molar-refractivity contribution in [2.75, 3.05) is 14.7 Å². The van der Waals surface area contributed by atoms with Crippen LogP contribution in [0.2, 0.25) is 0 Å². The zero-order valence-corrected chi connectivity index (χ0v) is 81.2. The highest BCUT2D eigenvalue weighted by molar-refractivity contribution is 6.14. The predicted octanol–water partition coefficient (Wildman–Crippen LogP) is 36.9. The standard InChI is InChI=1S/C48H38N2.C45H33FN2.C43H32N2/c1-47(2)42-20-12-9-17-36(42)39-28-32(23-26-43(39)47)49(34-22-25-37-35-16-8-11-19-41(35)48(3,4)44(37)30-34)33-24-27-46-40(29-33)38-18-10-13-21-45(38)50(46)31-14-6-5-7-15-31;1-45(2)41-14-8-6-12-37(41)38-26-18-31(28-42(38)45)30-16-21-34(22-17-30)47(35-23-19-32(46)20-24-35)36-25-27-44-40(29-36)39-13-7-9-15-43(39)48(44)33-10-4-3-5-11-33;1-43(2)39-18-10-8-16-35(39)36-24-22-34(28-40(36)43)44(32-21-20-29-12-6-7-13-30(29)26-32)33-23-25-42-38(27-33)37-17-9-11-19-41(37)45(42)31-14-4-3-5-15-31/h5-30H,1-4H3;3-29H,1-2H3;3-28H,1-2H3. The van der Waals surface area contributed by atoms with Crippen LogP contribution in [-0.4, -0.2) is 13.7 Å². The smallest absolute Gasteiger partial charge is 0.123 e. The van der Waals surface area contributed by atoms with Gasteiger partial charge in [0.15, 0.2) is 0 Å². The zero-order chi connectivity index (χ0) is 96.3. The van der Waals surface area contributed by atoms with Crippen molar-refractivity contribution < 1.29 is 4.39 Å². The number of fused-ring (bicyclic) bond motifs is 22. The van der Waals surface area contributed by atoms with Gasteiger partial charge in [-0.15, -0.1) is 0 Å². The first-order valence-electron chi connectivity index (χ1n) is 49.9. The molecule has 0 amide bonds. The number of anilines is 9. The summed E-state index contributed by atoms with van der Waals surface area (Å²) in [5.74, 6) is -0.253. The molecule has 0 saturated heterocycles. The van der Waals surface area contributed by atoms with Gasteiger partial charge in [-0.2, -0.15) is 0 Å². The fraction of sp³-hybridized carbons (Fsp3) is 0.0882. The largest absolute Gasteiger partial charge is 0.310 e. The molecule has 6 nitrogen and oxygen atoms in total. The Morgan fingerprint density at radius 2 is 0.434 bits per heavy atom. The summed E-state index contributed by atoms with van der Waals surface area (Å²) in [6.07, 6.45) is 0. The van der Waals surface area contributed by atoms with E-state index in [2.05, 4.69) is 533 Å². The number of aromatic nitrogens is 3. The molecule has 0 radical (unpaired) electrons. The monoisotopic (exact) mass is 1840 g/mol. The van der Waals surface area contributed by atoms with Crippen LogP contribution in [0.4, 0.5) is 55.6 Å². The Labute approximate surface area is 833 Å². The second kappa shape index (κ2) is 33.4. The molecule has 0 unspecified atom stereocenters. The first-order valence-corrected chi connectivity index (χ1v) is 49.9. The van der Waals surface area contributed by atoms with Crippen LogP contribution < -0.4 is 14.7 Å². The molecule has 684 valence electrons. The summed E-state index contributed by atoms with van der Waals surface area (Å²) in [4.78, 5) is 7.11. The molecule has 7 heteroatoms. The van der Waals surface area contributed by atoms with Gasteiger partial charge in [0.2, 0.25) is 0 Å². The Morgan fingerprint density at radius 3 is 0.860 bits per heavy atom. The molecule has 28 rings (SSSR count). The maximum Gasteiger partial charge on any atom is 0.123 e. The van der Waals surface area contributed by atoms with Crippen LogP contribution in [0.15, 0.2) is 479 Å².